The lowest BCUT2D eigenvalue weighted by molar-refractivity contribution is 0.00246. The van der Waals surface area contributed by atoms with Gasteiger partial charge in [0.25, 0.3) is 0 Å². The lowest BCUT2D eigenvalue weighted by Gasteiger charge is -2.38. The molecule has 27 heavy (non-hydrogen) atoms. The second-order valence-corrected chi connectivity index (χ2v) is 10.7. The first-order valence-electron chi connectivity index (χ1n) is 11.5. The van der Waals surface area contributed by atoms with Gasteiger partial charge in [-0.3, -0.25) is 0 Å². The van der Waals surface area contributed by atoms with Gasteiger partial charge in [0.2, 0.25) is 0 Å². The minimum Gasteiger partial charge on any atom is -0.489 e. The van der Waals surface area contributed by atoms with E-state index in [0.717, 1.165) is 18.3 Å². The Labute approximate surface area is 173 Å². The molecule has 0 saturated heterocycles. The van der Waals surface area contributed by atoms with E-state index in [1.807, 2.05) is 11.8 Å². The van der Waals surface area contributed by atoms with Crippen molar-refractivity contribution < 1.29 is 4.74 Å². The molecule has 0 aromatic rings. The summed E-state index contributed by atoms with van der Waals surface area (Å²) in [6.07, 6.45) is 19.5. The first-order chi connectivity index (χ1) is 12.9. The number of allylic oxidation sites excluding steroid dienone is 2. The number of thioether (sulfide) groups is 1. The summed E-state index contributed by atoms with van der Waals surface area (Å²) in [5.74, 6) is 4.80. The molecule has 0 bridgehead atoms. The van der Waals surface area contributed by atoms with Crippen molar-refractivity contribution >= 4 is 11.8 Å². The van der Waals surface area contributed by atoms with Crippen LogP contribution in [0.15, 0.2) is 22.8 Å². The van der Waals surface area contributed by atoms with Crippen LogP contribution in [0.2, 0.25) is 0 Å². The van der Waals surface area contributed by atoms with Crippen LogP contribution >= 0.6 is 11.8 Å². The fraction of sp³-hybridized carbons (Fsp3) is 0.840. The summed E-state index contributed by atoms with van der Waals surface area (Å²) in [4.78, 5) is 1.39. The zero-order chi connectivity index (χ0) is 19.8. The Kier molecular flexibility index (Phi) is 9.83. The van der Waals surface area contributed by atoms with Crippen LogP contribution in [0.3, 0.4) is 0 Å². The van der Waals surface area contributed by atoms with Gasteiger partial charge in [-0.25, -0.2) is 0 Å². The molecule has 2 saturated carbocycles. The van der Waals surface area contributed by atoms with E-state index in [-0.39, 0.29) is 0 Å². The molecule has 0 amide bonds. The predicted octanol–water partition coefficient (Wildman–Crippen LogP) is 8.22. The van der Waals surface area contributed by atoms with E-state index in [1.54, 1.807) is 0 Å². The summed E-state index contributed by atoms with van der Waals surface area (Å²) in [7, 11) is 0. The molecule has 0 spiro atoms. The van der Waals surface area contributed by atoms with Gasteiger partial charge in [-0.05, 0) is 74.0 Å². The van der Waals surface area contributed by atoms with Gasteiger partial charge < -0.3 is 4.74 Å². The van der Waals surface area contributed by atoms with Crippen molar-refractivity contribution in [3.8, 4) is 0 Å². The van der Waals surface area contributed by atoms with Crippen molar-refractivity contribution in [3.05, 3.63) is 22.8 Å². The van der Waals surface area contributed by atoms with Gasteiger partial charge in [-0.15, -0.1) is 11.8 Å². The number of hydrogen-bond donors (Lipinski definition) is 0. The van der Waals surface area contributed by atoms with Crippen LogP contribution in [-0.2, 0) is 4.74 Å². The van der Waals surface area contributed by atoms with Crippen molar-refractivity contribution in [2.45, 2.75) is 98.5 Å². The number of hydrogen-bond acceptors (Lipinski definition) is 2. The molecule has 2 aliphatic carbocycles. The zero-order valence-electron chi connectivity index (χ0n) is 18.8. The second kappa shape index (κ2) is 11.6. The molecular weight excluding hydrogens is 348 g/mol. The van der Waals surface area contributed by atoms with Gasteiger partial charge in [-0.1, -0.05) is 66.4 Å². The van der Waals surface area contributed by atoms with Gasteiger partial charge in [0.15, 0.2) is 0 Å². The Bertz CT molecular complexity index is 485. The molecule has 2 aliphatic rings. The molecule has 2 heteroatoms. The third-order valence-corrected chi connectivity index (χ3v) is 7.29. The molecular formula is C25H44OS. The summed E-state index contributed by atoms with van der Waals surface area (Å²) in [6, 6.07) is 0. The Morgan fingerprint density at radius 1 is 1.04 bits per heavy atom. The maximum Gasteiger partial charge on any atom is 0.128 e. The normalized spacial score (nSPS) is 28.8. The number of rotatable bonds is 8. The molecule has 0 radical (unpaired) electrons. The quantitative estimate of drug-likeness (QED) is 0.304. The van der Waals surface area contributed by atoms with Crippen LogP contribution < -0.4 is 0 Å². The lowest BCUT2D eigenvalue weighted by atomic mass is 9.75. The van der Waals surface area contributed by atoms with E-state index >= 15 is 0 Å². The Morgan fingerprint density at radius 2 is 1.74 bits per heavy atom. The van der Waals surface area contributed by atoms with Crippen LogP contribution in [0, 0.1) is 29.6 Å². The minimum atomic E-state index is 0.383. The molecule has 0 heterocycles. The monoisotopic (exact) mass is 392 g/mol. The molecule has 2 rings (SSSR count). The third-order valence-electron chi connectivity index (χ3n) is 6.51. The highest BCUT2D eigenvalue weighted by Crippen LogP contribution is 2.39. The minimum absolute atomic E-state index is 0.383. The van der Waals surface area contributed by atoms with Gasteiger partial charge in [0, 0.05) is 4.91 Å². The summed E-state index contributed by atoms with van der Waals surface area (Å²) in [6.45, 7) is 11.8. The summed E-state index contributed by atoms with van der Waals surface area (Å²) in [5, 5.41) is 0. The van der Waals surface area contributed by atoms with Crippen LogP contribution in [0.1, 0.15) is 92.4 Å². The standard InChI is InChI=1S/C25H44OS/c1-18(2)12-15-23(25(27-6)17-21-10-8-7-9-11-21)26-24-16-20(5)13-14-22(24)19(3)4/h15,17-22,24H,7-14,16H2,1-6H3/b23-15-,25-17-/t20-,22+,24-/m1/s1. The largest absolute Gasteiger partial charge is 0.489 e. The van der Waals surface area contributed by atoms with Crippen molar-refractivity contribution in [2.75, 3.05) is 6.26 Å². The molecule has 3 atom stereocenters. The summed E-state index contributed by atoms with van der Waals surface area (Å²) >= 11 is 1.89. The smallest absolute Gasteiger partial charge is 0.128 e. The number of ether oxygens (including phenoxy) is 1. The van der Waals surface area contributed by atoms with Gasteiger partial charge in [0.1, 0.15) is 11.9 Å². The van der Waals surface area contributed by atoms with E-state index < -0.39 is 0 Å². The summed E-state index contributed by atoms with van der Waals surface area (Å²) in [5.41, 5.74) is 0. The fourth-order valence-corrected chi connectivity index (χ4v) is 5.39. The van der Waals surface area contributed by atoms with Crippen LogP contribution in [0.4, 0.5) is 0 Å². The van der Waals surface area contributed by atoms with Crippen LogP contribution in [-0.4, -0.2) is 12.4 Å². The molecule has 0 N–H and O–H groups in total. The van der Waals surface area contributed by atoms with E-state index in [4.69, 9.17) is 4.74 Å². The van der Waals surface area contributed by atoms with Crippen molar-refractivity contribution in [1.29, 1.82) is 0 Å². The maximum absolute atomic E-state index is 6.85. The average molecular weight is 393 g/mol. The first kappa shape index (κ1) is 22.9. The second-order valence-electron chi connectivity index (χ2n) is 9.81. The SMILES string of the molecule is CSC(=C\C1CCCCC1)/C(=C/CC(C)C)O[C@@H]1C[C@H](C)CC[C@H]1C(C)C. The molecule has 0 aromatic carbocycles. The maximum atomic E-state index is 6.85. The van der Waals surface area contributed by atoms with Crippen LogP contribution in [0.5, 0.6) is 0 Å². The van der Waals surface area contributed by atoms with Crippen LogP contribution in [0.25, 0.3) is 0 Å². The first-order valence-corrected chi connectivity index (χ1v) is 12.8. The van der Waals surface area contributed by atoms with E-state index in [2.05, 4.69) is 53.0 Å². The summed E-state index contributed by atoms with van der Waals surface area (Å²) < 4.78 is 6.85. The molecule has 2 fully saturated rings. The molecule has 1 nitrogen and oxygen atoms in total. The Hall–Kier alpha value is -0.370. The topological polar surface area (TPSA) is 9.23 Å². The van der Waals surface area contributed by atoms with E-state index in [9.17, 15) is 0 Å². The highest BCUT2D eigenvalue weighted by molar-refractivity contribution is 8.02. The fourth-order valence-electron chi connectivity index (χ4n) is 4.73. The van der Waals surface area contributed by atoms with Gasteiger partial charge in [-0.2, -0.15) is 0 Å². The average Bonchev–Trinajstić information content (AvgIpc) is 2.63. The molecule has 0 unspecified atom stereocenters. The Morgan fingerprint density at radius 3 is 2.33 bits per heavy atom. The highest BCUT2D eigenvalue weighted by Gasteiger charge is 2.33. The molecule has 0 aliphatic heterocycles. The predicted molar refractivity (Wildman–Crippen MR) is 122 cm³/mol. The lowest BCUT2D eigenvalue weighted by Crippen LogP contribution is -2.34. The van der Waals surface area contributed by atoms with Gasteiger partial charge >= 0.3 is 0 Å². The van der Waals surface area contributed by atoms with Crippen molar-refractivity contribution in [2.24, 2.45) is 29.6 Å². The Balaban J connectivity index is 2.21. The molecule has 156 valence electrons. The van der Waals surface area contributed by atoms with E-state index in [1.165, 1.54) is 62.0 Å². The third kappa shape index (κ3) is 7.52. The van der Waals surface area contributed by atoms with Crippen molar-refractivity contribution in [1.82, 2.24) is 0 Å². The van der Waals surface area contributed by atoms with E-state index in [0.29, 0.717) is 23.9 Å². The van der Waals surface area contributed by atoms with Crippen molar-refractivity contribution in [3.63, 3.8) is 0 Å². The van der Waals surface area contributed by atoms with Gasteiger partial charge in [0.05, 0.1) is 0 Å². The highest BCUT2D eigenvalue weighted by atomic mass is 32.2. The molecule has 0 aromatic heterocycles. The zero-order valence-corrected chi connectivity index (χ0v) is 19.6.